The van der Waals surface area contributed by atoms with E-state index in [9.17, 15) is 33.2 Å². The Morgan fingerprint density at radius 1 is 1.20 bits per heavy atom. The Bertz CT molecular complexity index is 993. The molecule has 0 unspecified atom stereocenters. The summed E-state index contributed by atoms with van der Waals surface area (Å²) in [5.74, 6) is -2.98. The van der Waals surface area contributed by atoms with Gasteiger partial charge in [-0.05, 0) is 6.42 Å². The molecule has 1 aromatic rings. The second kappa shape index (κ2) is 15.2. The van der Waals surface area contributed by atoms with Gasteiger partial charge in [0, 0.05) is 26.6 Å². The molecule has 196 valence electrons. The van der Waals surface area contributed by atoms with Gasteiger partial charge >= 0.3 is 11.8 Å². The number of likely N-dealkylation sites (N-methyl/N-ethyl adjacent to an activating group) is 1. The van der Waals surface area contributed by atoms with Crippen LogP contribution in [0.2, 0.25) is 0 Å². The zero-order valence-electron chi connectivity index (χ0n) is 19.9. The predicted octanol–water partition coefficient (Wildman–Crippen LogP) is -0.461. The van der Waals surface area contributed by atoms with Crippen LogP contribution in [-0.2, 0) is 25.9 Å². The van der Waals surface area contributed by atoms with E-state index in [-0.39, 0.29) is 31.8 Å². The Balaban J connectivity index is 2.48. The molecule has 0 radical (unpaired) electrons. The summed E-state index contributed by atoms with van der Waals surface area (Å²) in [6.45, 7) is 1.38. The van der Waals surface area contributed by atoms with Crippen molar-refractivity contribution in [3.63, 3.8) is 0 Å². The van der Waals surface area contributed by atoms with Gasteiger partial charge in [0.1, 0.15) is 6.04 Å². The van der Waals surface area contributed by atoms with Crippen molar-refractivity contribution in [1.82, 2.24) is 25.1 Å². The molecule has 1 atom stereocenters. The maximum atomic E-state index is 13.3. The molecular weight excluding hydrogens is 467 g/mol. The monoisotopic (exact) mass is 500 g/mol. The molecule has 0 fully saturated rings. The second-order valence-electron chi connectivity index (χ2n) is 7.91. The summed E-state index contributed by atoms with van der Waals surface area (Å²) in [4.78, 5) is 73.3. The lowest BCUT2D eigenvalue weighted by Crippen LogP contribution is -2.50. The molecule has 0 aliphatic carbocycles. The molecule has 1 rings (SSSR count). The summed E-state index contributed by atoms with van der Waals surface area (Å²) in [5.41, 5.74) is 3.03. The number of nitrogens with two attached hydrogens (primary N) is 1. The Kier molecular flexibility index (Phi) is 12.8. The number of H-pyrrole nitrogens is 1. The van der Waals surface area contributed by atoms with Crippen LogP contribution in [0.5, 0.6) is 0 Å². The average molecular weight is 501 g/mol. The van der Waals surface area contributed by atoms with Crippen LogP contribution in [0, 0.1) is 5.82 Å². The molecule has 4 amide bonds. The summed E-state index contributed by atoms with van der Waals surface area (Å²) >= 11 is 0. The van der Waals surface area contributed by atoms with Gasteiger partial charge in [-0.2, -0.15) is 4.39 Å². The highest BCUT2D eigenvalue weighted by Crippen LogP contribution is 2.05. The first kappa shape index (κ1) is 29.3. The minimum absolute atomic E-state index is 0.0197. The van der Waals surface area contributed by atoms with E-state index in [2.05, 4.69) is 17.6 Å². The van der Waals surface area contributed by atoms with Crippen molar-refractivity contribution in [2.75, 3.05) is 20.1 Å². The van der Waals surface area contributed by atoms with E-state index >= 15 is 0 Å². The number of hydrogen-bond acceptors (Lipinski definition) is 7. The normalized spacial score (nSPS) is 11.4. The van der Waals surface area contributed by atoms with Gasteiger partial charge < -0.3 is 26.0 Å². The minimum Gasteiger partial charge on any atom is -0.427 e. The Morgan fingerprint density at radius 2 is 1.89 bits per heavy atom. The number of nitrogens with one attached hydrogen (secondary N) is 3. The lowest BCUT2D eigenvalue weighted by Gasteiger charge is -2.20. The number of carbonyl (C=O) groups is 4. The molecular formula is C21H33FN6O7. The molecule has 5 N–H and O–H groups in total. The van der Waals surface area contributed by atoms with E-state index in [1.165, 1.54) is 7.05 Å². The largest absolute Gasteiger partial charge is 0.427 e. The SMILES string of the molecule is CCCCCCCC(=O)N[C@H](CC(N)=O)C(=O)NCCN(C)C(=O)OCn1cc(F)c(=O)[nH]c1=O. The highest BCUT2D eigenvalue weighted by Gasteiger charge is 2.23. The van der Waals surface area contributed by atoms with Crippen LogP contribution in [0.3, 0.4) is 0 Å². The summed E-state index contributed by atoms with van der Waals surface area (Å²) in [7, 11) is 1.35. The van der Waals surface area contributed by atoms with Crippen LogP contribution >= 0.6 is 0 Å². The zero-order chi connectivity index (χ0) is 26.4. The smallest absolute Gasteiger partial charge is 0.411 e. The van der Waals surface area contributed by atoms with Crippen molar-refractivity contribution in [2.24, 2.45) is 5.73 Å². The molecule has 13 nitrogen and oxygen atoms in total. The minimum atomic E-state index is -1.22. The van der Waals surface area contributed by atoms with Crippen molar-refractivity contribution in [1.29, 1.82) is 0 Å². The molecule has 0 saturated heterocycles. The number of unbranched alkanes of at least 4 members (excludes halogenated alkanes) is 4. The van der Waals surface area contributed by atoms with Crippen molar-refractivity contribution in [3.05, 3.63) is 32.9 Å². The summed E-state index contributed by atoms with van der Waals surface area (Å²) in [5, 5.41) is 5.01. The molecule has 0 aliphatic rings. The number of rotatable bonds is 15. The van der Waals surface area contributed by atoms with Crippen molar-refractivity contribution < 1.29 is 28.3 Å². The summed E-state index contributed by atoms with van der Waals surface area (Å²) in [6.07, 6.45) is 4.30. The third kappa shape index (κ3) is 11.3. The van der Waals surface area contributed by atoms with Gasteiger partial charge in [0.05, 0.1) is 12.6 Å². The molecule has 35 heavy (non-hydrogen) atoms. The average Bonchev–Trinajstić information content (AvgIpc) is 2.79. The van der Waals surface area contributed by atoms with Crippen LogP contribution in [0.25, 0.3) is 0 Å². The van der Waals surface area contributed by atoms with Crippen molar-refractivity contribution in [2.45, 2.75) is 64.6 Å². The van der Waals surface area contributed by atoms with E-state index < -0.39 is 47.7 Å². The van der Waals surface area contributed by atoms with E-state index in [1.54, 1.807) is 4.98 Å². The summed E-state index contributed by atoms with van der Waals surface area (Å²) < 4.78 is 18.8. The Morgan fingerprint density at radius 3 is 2.54 bits per heavy atom. The lowest BCUT2D eigenvalue weighted by atomic mass is 10.1. The topological polar surface area (TPSA) is 186 Å². The predicted molar refractivity (Wildman–Crippen MR) is 123 cm³/mol. The van der Waals surface area contributed by atoms with Gasteiger partial charge in [-0.1, -0.05) is 32.6 Å². The quantitative estimate of drug-likeness (QED) is 0.235. The zero-order valence-corrected chi connectivity index (χ0v) is 19.9. The Hall–Kier alpha value is -3.71. The number of primary amides is 1. The third-order valence-corrected chi connectivity index (χ3v) is 4.92. The first-order chi connectivity index (χ1) is 16.5. The lowest BCUT2D eigenvalue weighted by molar-refractivity contribution is -0.131. The van der Waals surface area contributed by atoms with Crippen molar-refractivity contribution in [3.8, 4) is 0 Å². The fourth-order valence-electron chi connectivity index (χ4n) is 2.94. The van der Waals surface area contributed by atoms with Crippen LogP contribution in [0.1, 0.15) is 51.9 Å². The number of hydrogen-bond donors (Lipinski definition) is 4. The van der Waals surface area contributed by atoms with E-state index in [0.717, 1.165) is 30.6 Å². The fourth-order valence-corrected chi connectivity index (χ4v) is 2.94. The van der Waals surface area contributed by atoms with E-state index in [1.807, 2.05) is 0 Å². The molecule has 0 saturated carbocycles. The van der Waals surface area contributed by atoms with E-state index in [0.29, 0.717) is 17.2 Å². The maximum absolute atomic E-state index is 13.3. The van der Waals surface area contributed by atoms with Gasteiger partial charge in [-0.15, -0.1) is 0 Å². The molecule has 0 bridgehead atoms. The van der Waals surface area contributed by atoms with Crippen LogP contribution in [0.4, 0.5) is 9.18 Å². The first-order valence-electron chi connectivity index (χ1n) is 11.3. The number of carbonyl (C=O) groups excluding carboxylic acids is 4. The highest BCUT2D eigenvalue weighted by atomic mass is 19.1. The molecule has 14 heteroatoms. The molecule has 1 heterocycles. The molecule has 0 aromatic carbocycles. The van der Waals surface area contributed by atoms with Crippen molar-refractivity contribution >= 4 is 23.8 Å². The fraction of sp³-hybridized carbons (Fsp3) is 0.619. The number of amides is 4. The standard InChI is InChI=1S/C21H33FN6O7/c1-3-4-5-6-7-8-17(30)25-15(11-16(23)29)19(32)24-9-10-27(2)21(34)35-13-28-12-14(22)18(31)26-20(28)33/h12,15H,3-11,13H2,1-2H3,(H2,23,29)(H,24,32)(H,25,30)(H,26,31,33)/t15-/m1/s1. The first-order valence-corrected chi connectivity index (χ1v) is 11.3. The van der Waals surface area contributed by atoms with Gasteiger partial charge in [0.25, 0.3) is 5.56 Å². The molecule has 1 aromatic heterocycles. The maximum Gasteiger partial charge on any atom is 0.411 e. The number of halogens is 1. The number of aromatic amines is 1. The Labute approximate surface area is 201 Å². The van der Waals surface area contributed by atoms with Crippen LogP contribution < -0.4 is 27.6 Å². The van der Waals surface area contributed by atoms with Gasteiger partial charge in [-0.3, -0.25) is 28.7 Å². The third-order valence-electron chi connectivity index (χ3n) is 4.92. The highest BCUT2D eigenvalue weighted by molar-refractivity contribution is 5.91. The molecule has 0 aliphatic heterocycles. The van der Waals surface area contributed by atoms with Gasteiger partial charge in [0.2, 0.25) is 23.5 Å². The number of aromatic nitrogens is 2. The van der Waals surface area contributed by atoms with Crippen LogP contribution in [0.15, 0.2) is 15.8 Å². The van der Waals surface area contributed by atoms with Gasteiger partial charge in [0.15, 0.2) is 6.73 Å². The van der Waals surface area contributed by atoms with Crippen LogP contribution in [-0.4, -0.2) is 64.4 Å². The number of ether oxygens (including phenoxy) is 1. The molecule has 0 spiro atoms. The summed E-state index contributed by atoms with van der Waals surface area (Å²) in [6, 6.07) is -1.14. The second-order valence-corrected chi connectivity index (χ2v) is 7.91. The number of nitrogens with zero attached hydrogens (tertiary/aromatic N) is 2. The van der Waals surface area contributed by atoms with E-state index in [4.69, 9.17) is 10.5 Å². The van der Waals surface area contributed by atoms with Gasteiger partial charge in [-0.25, -0.2) is 9.59 Å².